The molecule has 1 aromatic carbocycles. The van der Waals surface area contributed by atoms with E-state index in [-0.39, 0.29) is 17.9 Å². The third-order valence-corrected chi connectivity index (χ3v) is 6.87. The molecular weight excluding hydrogens is 384 g/mol. The van der Waals surface area contributed by atoms with Crippen LogP contribution >= 0.6 is 0 Å². The van der Waals surface area contributed by atoms with E-state index in [0.29, 0.717) is 17.9 Å². The van der Waals surface area contributed by atoms with Gasteiger partial charge < -0.3 is 20.1 Å². The molecule has 4 saturated carbocycles. The molecule has 7 nitrogen and oxygen atoms in total. The van der Waals surface area contributed by atoms with Crippen molar-refractivity contribution in [2.75, 3.05) is 25.6 Å². The van der Waals surface area contributed by atoms with Crippen molar-refractivity contribution in [1.29, 1.82) is 0 Å². The third kappa shape index (κ3) is 4.94. The number of carbonyl (C=O) groups excluding carboxylic acids is 3. The number of hydrogen-bond acceptors (Lipinski definition) is 5. The van der Waals surface area contributed by atoms with Gasteiger partial charge in [-0.25, -0.2) is 0 Å². The Hall–Kier alpha value is -2.57. The van der Waals surface area contributed by atoms with Gasteiger partial charge in [-0.05, 0) is 86.0 Å². The van der Waals surface area contributed by atoms with Gasteiger partial charge in [-0.15, -0.1) is 0 Å². The average Bonchev–Trinajstić information content (AvgIpc) is 2.70. The predicted molar refractivity (Wildman–Crippen MR) is 111 cm³/mol. The summed E-state index contributed by atoms with van der Waals surface area (Å²) in [6.45, 7) is -0.600. The van der Waals surface area contributed by atoms with Crippen LogP contribution in [0.4, 0.5) is 5.69 Å². The molecule has 4 fully saturated rings. The molecule has 0 aliphatic heterocycles. The third-order valence-electron chi connectivity index (χ3n) is 6.87. The van der Waals surface area contributed by atoms with Gasteiger partial charge in [0.2, 0.25) is 5.91 Å². The molecule has 5 rings (SSSR count). The smallest absolute Gasteiger partial charge is 0.325 e. The normalized spacial score (nSPS) is 28.6. The molecule has 30 heavy (non-hydrogen) atoms. The standard InChI is InChI=1S/C23H30N2O5/c1-29-19-4-2-18(3-5-19)25-21(27)14-30-22(28)13-24-20(26)12-23-9-15-6-16(10-23)8-17(7-15)11-23/h2-5,15-17H,6-14H2,1H3,(H,24,26)(H,25,27). The van der Waals surface area contributed by atoms with Crippen LogP contribution in [0.15, 0.2) is 24.3 Å². The Morgan fingerprint density at radius 3 is 2.13 bits per heavy atom. The van der Waals surface area contributed by atoms with Crippen LogP contribution in [-0.4, -0.2) is 38.0 Å². The lowest BCUT2D eigenvalue weighted by atomic mass is 9.49. The number of benzene rings is 1. The number of rotatable bonds is 8. The van der Waals surface area contributed by atoms with E-state index in [0.717, 1.165) is 37.0 Å². The van der Waals surface area contributed by atoms with Crippen LogP contribution in [0.3, 0.4) is 0 Å². The van der Waals surface area contributed by atoms with E-state index in [1.807, 2.05) is 0 Å². The fraction of sp³-hybridized carbons (Fsp3) is 0.609. The van der Waals surface area contributed by atoms with E-state index in [1.54, 1.807) is 31.4 Å². The first kappa shape index (κ1) is 20.7. The zero-order valence-corrected chi connectivity index (χ0v) is 17.4. The molecule has 0 atom stereocenters. The minimum atomic E-state index is -0.612. The summed E-state index contributed by atoms with van der Waals surface area (Å²) in [5.41, 5.74) is 0.724. The van der Waals surface area contributed by atoms with Gasteiger partial charge in [0.25, 0.3) is 5.91 Å². The van der Waals surface area contributed by atoms with Gasteiger partial charge in [0.15, 0.2) is 6.61 Å². The lowest BCUT2D eigenvalue weighted by molar-refractivity contribution is -0.147. The molecule has 0 unspecified atom stereocenters. The summed E-state index contributed by atoms with van der Waals surface area (Å²) < 4.78 is 10.0. The number of carbonyl (C=O) groups is 3. The molecule has 4 bridgehead atoms. The van der Waals surface area contributed by atoms with Gasteiger partial charge in [-0.3, -0.25) is 14.4 Å². The van der Waals surface area contributed by atoms with Crippen LogP contribution in [0, 0.1) is 23.2 Å². The average molecular weight is 415 g/mol. The van der Waals surface area contributed by atoms with Crippen LogP contribution in [0.5, 0.6) is 5.75 Å². The Bertz CT molecular complexity index is 769. The van der Waals surface area contributed by atoms with Gasteiger partial charge in [-0.2, -0.15) is 0 Å². The lowest BCUT2D eigenvalue weighted by Crippen LogP contribution is -2.48. The van der Waals surface area contributed by atoms with Crippen LogP contribution in [0.1, 0.15) is 44.9 Å². The first-order chi connectivity index (χ1) is 14.4. The molecule has 0 radical (unpaired) electrons. The number of ether oxygens (including phenoxy) is 2. The Labute approximate surface area is 176 Å². The van der Waals surface area contributed by atoms with Crippen molar-refractivity contribution in [3.05, 3.63) is 24.3 Å². The lowest BCUT2D eigenvalue weighted by Gasteiger charge is -2.56. The van der Waals surface area contributed by atoms with Gasteiger partial charge in [-0.1, -0.05) is 0 Å². The zero-order chi connectivity index (χ0) is 21.1. The van der Waals surface area contributed by atoms with Crippen LogP contribution in [-0.2, 0) is 19.1 Å². The predicted octanol–water partition coefficient (Wildman–Crippen LogP) is 2.90. The highest BCUT2D eigenvalue weighted by atomic mass is 16.5. The van der Waals surface area contributed by atoms with Gasteiger partial charge in [0.1, 0.15) is 12.3 Å². The summed E-state index contributed by atoms with van der Waals surface area (Å²) in [6, 6.07) is 6.84. The fourth-order valence-electron chi connectivity index (χ4n) is 6.15. The van der Waals surface area contributed by atoms with E-state index in [4.69, 9.17) is 9.47 Å². The molecule has 0 saturated heterocycles. The van der Waals surface area contributed by atoms with E-state index < -0.39 is 18.5 Å². The Morgan fingerprint density at radius 2 is 1.57 bits per heavy atom. The first-order valence-electron chi connectivity index (χ1n) is 10.8. The molecule has 2 amide bonds. The molecule has 0 heterocycles. The summed E-state index contributed by atoms with van der Waals surface area (Å²) >= 11 is 0. The van der Waals surface area contributed by atoms with E-state index in [1.165, 1.54) is 19.3 Å². The number of methoxy groups -OCH3 is 1. The van der Waals surface area contributed by atoms with Crippen molar-refractivity contribution in [2.45, 2.75) is 44.9 Å². The monoisotopic (exact) mass is 414 g/mol. The van der Waals surface area contributed by atoms with Crippen LogP contribution in [0.2, 0.25) is 0 Å². The summed E-state index contributed by atoms with van der Waals surface area (Å²) in [5.74, 6) is 1.92. The molecule has 4 aliphatic rings. The SMILES string of the molecule is COc1ccc(NC(=O)COC(=O)CNC(=O)CC23CC4CC(CC(C4)C2)C3)cc1. The van der Waals surface area contributed by atoms with Crippen molar-refractivity contribution in [3.63, 3.8) is 0 Å². The molecule has 2 N–H and O–H groups in total. The molecule has 162 valence electrons. The molecule has 0 spiro atoms. The second-order valence-electron chi connectivity index (χ2n) is 9.31. The topological polar surface area (TPSA) is 93.7 Å². The summed E-state index contributed by atoms with van der Waals surface area (Å²) in [5, 5.41) is 5.32. The van der Waals surface area contributed by atoms with Gasteiger partial charge in [0.05, 0.1) is 7.11 Å². The highest BCUT2D eigenvalue weighted by Crippen LogP contribution is 2.61. The largest absolute Gasteiger partial charge is 0.497 e. The summed E-state index contributed by atoms with van der Waals surface area (Å²) in [4.78, 5) is 36.3. The van der Waals surface area contributed by atoms with Crippen LogP contribution in [0.25, 0.3) is 0 Å². The number of esters is 1. The molecule has 0 aromatic heterocycles. The maximum absolute atomic E-state index is 12.5. The minimum absolute atomic E-state index is 0.0865. The van der Waals surface area contributed by atoms with Gasteiger partial charge in [0, 0.05) is 12.1 Å². The zero-order valence-electron chi connectivity index (χ0n) is 17.4. The second kappa shape index (κ2) is 8.66. The van der Waals surface area contributed by atoms with Crippen molar-refractivity contribution < 1.29 is 23.9 Å². The Balaban J connectivity index is 1.16. The van der Waals surface area contributed by atoms with E-state index >= 15 is 0 Å². The van der Waals surface area contributed by atoms with Crippen molar-refractivity contribution in [1.82, 2.24) is 5.32 Å². The number of amides is 2. The Morgan fingerprint density at radius 1 is 0.967 bits per heavy atom. The maximum atomic E-state index is 12.5. The summed E-state index contributed by atoms with van der Waals surface area (Å²) in [6.07, 6.45) is 7.98. The molecule has 1 aromatic rings. The number of anilines is 1. The highest BCUT2D eigenvalue weighted by Gasteiger charge is 2.51. The van der Waals surface area contributed by atoms with Crippen LogP contribution < -0.4 is 15.4 Å². The first-order valence-corrected chi connectivity index (χ1v) is 10.8. The molecular formula is C23H30N2O5. The van der Waals surface area contributed by atoms with Crippen molar-refractivity contribution >= 4 is 23.5 Å². The van der Waals surface area contributed by atoms with Crippen molar-refractivity contribution in [2.24, 2.45) is 23.2 Å². The fourth-order valence-corrected chi connectivity index (χ4v) is 6.15. The maximum Gasteiger partial charge on any atom is 0.325 e. The van der Waals surface area contributed by atoms with Gasteiger partial charge >= 0.3 is 5.97 Å². The number of hydrogen-bond donors (Lipinski definition) is 2. The Kier molecular flexibility index (Phi) is 5.97. The highest BCUT2D eigenvalue weighted by molar-refractivity contribution is 5.93. The number of nitrogens with one attached hydrogen (secondary N) is 2. The quantitative estimate of drug-likeness (QED) is 0.638. The minimum Gasteiger partial charge on any atom is -0.497 e. The molecule has 4 aliphatic carbocycles. The molecule has 7 heteroatoms. The summed E-state index contributed by atoms with van der Waals surface area (Å²) in [7, 11) is 1.56. The van der Waals surface area contributed by atoms with Crippen molar-refractivity contribution in [3.8, 4) is 5.75 Å². The van der Waals surface area contributed by atoms with E-state index in [2.05, 4.69) is 10.6 Å². The van der Waals surface area contributed by atoms with E-state index in [9.17, 15) is 14.4 Å². The second-order valence-corrected chi connectivity index (χ2v) is 9.31.